The monoisotopic (exact) mass is 516 g/mol. The van der Waals surface area contributed by atoms with E-state index in [4.69, 9.17) is 10.5 Å². The maximum Gasteiger partial charge on any atom is 0.250 e. The number of aromatic nitrogens is 3. The van der Waals surface area contributed by atoms with Crippen LogP contribution in [0.15, 0.2) is 48.8 Å². The highest BCUT2D eigenvalue weighted by Gasteiger charge is 2.28. The van der Waals surface area contributed by atoms with Crippen LogP contribution in [-0.4, -0.2) is 45.6 Å². The normalized spacial score (nSPS) is 15.7. The van der Waals surface area contributed by atoms with Crippen molar-refractivity contribution in [2.75, 3.05) is 24.7 Å². The third-order valence-electron chi connectivity index (χ3n) is 7.14. The fourth-order valence-corrected chi connectivity index (χ4v) is 4.69. The number of carbonyl (C=O) groups is 2. The second kappa shape index (κ2) is 10.8. The van der Waals surface area contributed by atoms with Crippen LogP contribution in [0.5, 0.6) is 0 Å². The van der Waals surface area contributed by atoms with Crippen LogP contribution in [0.25, 0.3) is 27.9 Å². The second-order valence-corrected chi connectivity index (χ2v) is 10.4. The first-order chi connectivity index (χ1) is 18.0. The van der Waals surface area contributed by atoms with Crippen LogP contribution in [-0.2, 0) is 21.4 Å². The summed E-state index contributed by atoms with van der Waals surface area (Å²) in [6.07, 6.45) is 5.68. The molecule has 2 amide bonds. The van der Waals surface area contributed by atoms with Crippen LogP contribution >= 0.6 is 0 Å². The topological polar surface area (TPSA) is 124 Å². The van der Waals surface area contributed by atoms with E-state index in [9.17, 15) is 9.59 Å². The van der Waals surface area contributed by atoms with Gasteiger partial charge in [0.1, 0.15) is 17.8 Å². The second-order valence-electron chi connectivity index (χ2n) is 10.4. The molecule has 0 radical (unpaired) electrons. The lowest BCUT2D eigenvalue weighted by Gasteiger charge is -2.26. The Balaban J connectivity index is 1.68. The van der Waals surface area contributed by atoms with E-state index in [2.05, 4.69) is 33.3 Å². The van der Waals surface area contributed by atoms with Gasteiger partial charge in [0.05, 0.1) is 16.7 Å². The smallest absolute Gasteiger partial charge is 0.250 e. The SMILES string of the molecule is C=C(C)C(=O)Nc1ccc(-c2c(C3=CC[C@H](C(=O)NCC(C)(C)OC)CC3)c3c(N)ncnc3n2C)cc1. The molecule has 1 aliphatic carbocycles. The van der Waals surface area contributed by atoms with Gasteiger partial charge in [-0.15, -0.1) is 0 Å². The summed E-state index contributed by atoms with van der Waals surface area (Å²) in [7, 11) is 3.60. The van der Waals surface area contributed by atoms with Gasteiger partial charge in [-0.25, -0.2) is 9.97 Å². The molecule has 0 fully saturated rings. The fourth-order valence-electron chi connectivity index (χ4n) is 4.69. The summed E-state index contributed by atoms with van der Waals surface area (Å²) in [6.45, 7) is 9.71. The predicted molar refractivity (Wildman–Crippen MR) is 151 cm³/mol. The number of rotatable bonds is 8. The Bertz CT molecular complexity index is 1420. The van der Waals surface area contributed by atoms with E-state index in [0.717, 1.165) is 46.3 Å². The van der Waals surface area contributed by atoms with E-state index < -0.39 is 5.60 Å². The minimum atomic E-state index is -0.413. The van der Waals surface area contributed by atoms with Crippen molar-refractivity contribution in [1.29, 1.82) is 0 Å². The predicted octanol–water partition coefficient (Wildman–Crippen LogP) is 4.46. The fraction of sp³-hybridized carbons (Fsp3) is 0.379. The molecule has 2 aromatic heterocycles. The van der Waals surface area contributed by atoms with Gasteiger partial charge < -0.3 is 25.7 Å². The van der Waals surface area contributed by atoms with Crippen LogP contribution in [0.4, 0.5) is 11.5 Å². The van der Waals surface area contributed by atoms with Crippen molar-refractivity contribution in [2.45, 2.75) is 45.6 Å². The zero-order valence-corrected chi connectivity index (χ0v) is 22.7. The lowest BCUT2D eigenvalue weighted by Crippen LogP contribution is -2.42. The first-order valence-electron chi connectivity index (χ1n) is 12.7. The number of methoxy groups -OCH3 is 1. The van der Waals surface area contributed by atoms with Gasteiger partial charge in [0, 0.05) is 43.4 Å². The number of carbonyl (C=O) groups excluding carboxylic acids is 2. The van der Waals surface area contributed by atoms with E-state index >= 15 is 0 Å². The van der Waals surface area contributed by atoms with Crippen molar-refractivity contribution in [1.82, 2.24) is 19.9 Å². The largest absolute Gasteiger partial charge is 0.383 e. The lowest BCUT2D eigenvalue weighted by atomic mass is 9.84. The molecule has 3 aromatic rings. The van der Waals surface area contributed by atoms with E-state index in [1.54, 1.807) is 14.0 Å². The first-order valence-corrected chi connectivity index (χ1v) is 12.7. The Hall–Kier alpha value is -3.98. The molecule has 0 bridgehead atoms. The standard InChI is InChI=1S/C29H36N6O3/c1-17(2)27(36)34-21-13-11-19(12-14-21)24-22(23-25(30)32-16-33-26(23)35(24)5)18-7-9-20(10-8-18)28(37)31-15-29(3,4)38-6/h7,11-14,16,20H,1,8-10,15H2,2-6H3,(H,31,37)(H,34,36)(H2,30,32,33)/t20-/m0/s1. The van der Waals surface area contributed by atoms with Gasteiger partial charge in [-0.2, -0.15) is 0 Å². The summed E-state index contributed by atoms with van der Waals surface area (Å²) < 4.78 is 7.44. The maximum absolute atomic E-state index is 12.8. The van der Waals surface area contributed by atoms with Gasteiger partial charge in [-0.05, 0) is 63.3 Å². The van der Waals surface area contributed by atoms with E-state index in [-0.39, 0.29) is 17.7 Å². The molecular weight excluding hydrogens is 480 g/mol. The molecule has 0 aliphatic heterocycles. The van der Waals surface area contributed by atoms with Crippen molar-refractivity contribution in [2.24, 2.45) is 13.0 Å². The molecule has 4 rings (SSSR count). The molecule has 4 N–H and O–H groups in total. The molecule has 0 saturated heterocycles. The molecule has 2 heterocycles. The number of hydrogen-bond donors (Lipinski definition) is 3. The number of hydrogen-bond acceptors (Lipinski definition) is 6. The molecule has 200 valence electrons. The summed E-state index contributed by atoms with van der Waals surface area (Å²) >= 11 is 0. The van der Waals surface area contributed by atoms with Crippen LogP contribution in [0, 0.1) is 5.92 Å². The van der Waals surface area contributed by atoms with Gasteiger partial charge in [0.25, 0.3) is 5.91 Å². The number of nitrogens with two attached hydrogens (primary N) is 1. The summed E-state index contributed by atoms with van der Waals surface area (Å²) in [5.74, 6) is 0.135. The average molecular weight is 517 g/mol. The zero-order chi connectivity index (χ0) is 27.6. The molecule has 0 spiro atoms. The number of benzene rings is 1. The van der Waals surface area contributed by atoms with Crippen molar-refractivity contribution in [3.63, 3.8) is 0 Å². The molecule has 1 atom stereocenters. The molecule has 1 aliphatic rings. The van der Waals surface area contributed by atoms with Crippen molar-refractivity contribution in [3.8, 4) is 11.3 Å². The molecule has 9 nitrogen and oxygen atoms in total. The van der Waals surface area contributed by atoms with Gasteiger partial charge in [0.2, 0.25) is 5.91 Å². The van der Waals surface area contributed by atoms with Crippen LogP contribution in [0.3, 0.4) is 0 Å². The van der Waals surface area contributed by atoms with E-state index in [0.29, 0.717) is 30.0 Å². The number of nitrogens with zero attached hydrogens (tertiary/aromatic N) is 3. The summed E-state index contributed by atoms with van der Waals surface area (Å²) in [5, 5.41) is 6.68. The molecule has 1 aromatic carbocycles. The number of nitrogens with one attached hydrogen (secondary N) is 2. The number of aryl methyl sites for hydroxylation is 1. The Morgan fingerprint density at radius 3 is 2.55 bits per heavy atom. The molecule has 0 unspecified atom stereocenters. The van der Waals surface area contributed by atoms with Crippen LogP contribution < -0.4 is 16.4 Å². The Morgan fingerprint density at radius 2 is 1.95 bits per heavy atom. The number of allylic oxidation sites excluding steroid dienone is 2. The number of nitrogen functional groups attached to an aromatic ring is 1. The number of fused-ring (bicyclic) bond motifs is 1. The minimum absolute atomic E-state index is 0.0406. The van der Waals surface area contributed by atoms with E-state index in [1.807, 2.05) is 49.7 Å². The summed E-state index contributed by atoms with van der Waals surface area (Å²) in [6, 6.07) is 7.66. The van der Waals surface area contributed by atoms with Gasteiger partial charge in [-0.1, -0.05) is 24.8 Å². The third kappa shape index (κ3) is 5.47. The number of amides is 2. The van der Waals surface area contributed by atoms with Gasteiger partial charge in [0.15, 0.2) is 0 Å². The average Bonchev–Trinajstić information content (AvgIpc) is 3.21. The Morgan fingerprint density at radius 1 is 1.24 bits per heavy atom. The highest BCUT2D eigenvalue weighted by molar-refractivity contribution is 6.05. The van der Waals surface area contributed by atoms with Crippen LogP contribution in [0.2, 0.25) is 0 Å². The lowest BCUT2D eigenvalue weighted by molar-refractivity contribution is -0.126. The van der Waals surface area contributed by atoms with E-state index in [1.165, 1.54) is 6.33 Å². The molecular formula is C29H36N6O3. The molecule has 38 heavy (non-hydrogen) atoms. The van der Waals surface area contributed by atoms with Gasteiger partial charge in [-0.3, -0.25) is 9.59 Å². The molecule has 0 saturated carbocycles. The van der Waals surface area contributed by atoms with Crippen molar-refractivity contribution < 1.29 is 14.3 Å². The summed E-state index contributed by atoms with van der Waals surface area (Å²) in [5.41, 5.74) is 11.8. The number of anilines is 2. The van der Waals surface area contributed by atoms with Crippen LogP contribution in [0.1, 0.15) is 45.6 Å². The minimum Gasteiger partial charge on any atom is -0.383 e. The highest BCUT2D eigenvalue weighted by atomic mass is 16.5. The Kier molecular flexibility index (Phi) is 7.68. The van der Waals surface area contributed by atoms with Crippen molar-refractivity contribution in [3.05, 3.63) is 54.4 Å². The quantitative estimate of drug-likeness (QED) is 0.380. The Labute approximate surface area is 223 Å². The zero-order valence-electron chi connectivity index (χ0n) is 22.7. The molecule has 9 heteroatoms. The maximum atomic E-state index is 12.8. The highest BCUT2D eigenvalue weighted by Crippen LogP contribution is 2.42. The third-order valence-corrected chi connectivity index (χ3v) is 7.14. The summed E-state index contributed by atoms with van der Waals surface area (Å²) in [4.78, 5) is 33.7. The number of ether oxygens (including phenoxy) is 1. The first kappa shape index (κ1) is 27.1. The van der Waals surface area contributed by atoms with Gasteiger partial charge >= 0.3 is 0 Å². The van der Waals surface area contributed by atoms with Crippen molar-refractivity contribution >= 4 is 39.9 Å².